The summed E-state index contributed by atoms with van der Waals surface area (Å²) in [6.45, 7) is 4.03. The maximum Gasteiger partial charge on any atom is 0.344 e. The number of benzene rings is 2. The molecular weight excluding hydrogens is 316 g/mol. The normalized spacial score (nSPS) is 10.5. The van der Waals surface area contributed by atoms with Gasteiger partial charge in [0.1, 0.15) is 5.75 Å². The van der Waals surface area contributed by atoms with Crippen LogP contribution in [0.4, 0.5) is 11.4 Å². The maximum absolute atomic E-state index is 12.1. The molecule has 0 saturated heterocycles. The van der Waals surface area contributed by atoms with Gasteiger partial charge in [0, 0.05) is 12.1 Å². The third-order valence-electron chi connectivity index (χ3n) is 3.32. The van der Waals surface area contributed by atoms with Gasteiger partial charge in [-0.05, 0) is 23.6 Å². The molecule has 0 amide bonds. The van der Waals surface area contributed by atoms with Crippen molar-refractivity contribution >= 4 is 17.3 Å². The van der Waals surface area contributed by atoms with Gasteiger partial charge in [-0.2, -0.15) is 0 Å². The molecule has 0 unspecified atom stereocenters. The van der Waals surface area contributed by atoms with Crippen molar-refractivity contribution in [2.75, 3.05) is 0 Å². The van der Waals surface area contributed by atoms with E-state index < -0.39 is 27.2 Å². The van der Waals surface area contributed by atoms with E-state index in [1.54, 1.807) is 24.3 Å². The Balaban J connectivity index is 2.28. The highest BCUT2D eigenvalue weighted by molar-refractivity contribution is 5.92. The Hall–Kier alpha value is -3.29. The summed E-state index contributed by atoms with van der Waals surface area (Å²) in [5, 5.41) is 21.7. The number of carbonyl (C=O) groups excluding carboxylic acids is 1. The minimum absolute atomic E-state index is 0.249. The fraction of sp³-hybridized carbons (Fsp3) is 0.188. The van der Waals surface area contributed by atoms with E-state index in [0.29, 0.717) is 5.92 Å². The summed E-state index contributed by atoms with van der Waals surface area (Å²) in [7, 11) is 0. The summed E-state index contributed by atoms with van der Waals surface area (Å²) in [4.78, 5) is 32.2. The molecule has 0 spiro atoms. The van der Waals surface area contributed by atoms with E-state index in [4.69, 9.17) is 4.74 Å². The van der Waals surface area contributed by atoms with Crippen LogP contribution >= 0.6 is 0 Å². The molecular formula is C16H14N2O6. The van der Waals surface area contributed by atoms with Crippen LogP contribution in [0, 0.1) is 20.2 Å². The van der Waals surface area contributed by atoms with Gasteiger partial charge < -0.3 is 4.74 Å². The molecule has 0 aliphatic rings. The first-order chi connectivity index (χ1) is 11.3. The number of hydrogen-bond acceptors (Lipinski definition) is 6. The van der Waals surface area contributed by atoms with Crippen molar-refractivity contribution in [2.45, 2.75) is 19.8 Å². The van der Waals surface area contributed by atoms with Crippen molar-refractivity contribution in [2.24, 2.45) is 0 Å². The highest BCUT2D eigenvalue weighted by atomic mass is 16.6. The average Bonchev–Trinajstić information content (AvgIpc) is 2.54. The lowest BCUT2D eigenvalue weighted by Crippen LogP contribution is -2.09. The Kier molecular flexibility index (Phi) is 4.88. The second-order valence-corrected chi connectivity index (χ2v) is 5.37. The van der Waals surface area contributed by atoms with Crippen molar-refractivity contribution in [3.63, 3.8) is 0 Å². The topological polar surface area (TPSA) is 113 Å². The third kappa shape index (κ3) is 3.92. The molecule has 24 heavy (non-hydrogen) atoms. The van der Waals surface area contributed by atoms with Crippen LogP contribution in [0.3, 0.4) is 0 Å². The monoisotopic (exact) mass is 330 g/mol. The molecule has 0 bridgehead atoms. The number of nitrogens with zero attached hydrogens (tertiary/aromatic N) is 2. The lowest BCUT2D eigenvalue weighted by molar-refractivity contribution is -0.394. The Bertz CT molecular complexity index is 766. The zero-order chi connectivity index (χ0) is 17.9. The van der Waals surface area contributed by atoms with Crippen molar-refractivity contribution in [1.82, 2.24) is 0 Å². The molecule has 2 rings (SSSR count). The van der Waals surface area contributed by atoms with E-state index in [0.717, 1.165) is 23.8 Å². The van der Waals surface area contributed by atoms with E-state index >= 15 is 0 Å². The molecule has 0 aliphatic carbocycles. The maximum atomic E-state index is 12.1. The van der Waals surface area contributed by atoms with E-state index in [1.165, 1.54) is 0 Å². The summed E-state index contributed by atoms with van der Waals surface area (Å²) in [6, 6.07) is 9.45. The fourth-order valence-corrected chi connectivity index (χ4v) is 2.01. The zero-order valence-corrected chi connectivity index (χ0v) is 13.0. The summed E-state index contributed by atoms with van der Waals surface area (Å²) in [5.74, 6) is -0.341. The molecule has 0 heterocycles. The van der Waals surface area contributed by atoms with Crippen LogP contribution < -0.4 is 4.74 Å². The molecule has 2 aromatic rings. The van der Waals surface area contributed by atoms with Crippen molar-refractivity contribution in [3.8, 4) is 5.75 Å². The molecule has 0 aliphatic heterocycles. The van der Waals surface area contributed by atoms with Gasteiger partial charge in [0.25, 0.3) is 11.4 Å². The first-order valence-corrected chi connectivity index (χ1v) is 7.04. The number of carbonyl (C=O) groups is 1. The molecule has 0 radical (unpaired) electrons. The van der Waals surface area contributed by atoms with E-state index in [1.807, 2.05) is 13.8 Å². The lowest BCUT2D eigenvalue weighted by Gasteiger charge is -2.07. The average molecular weight is 330 g/mol. The molecule has 124 valence electrons. The van der Waals surface area contributed by atoms with Crippen LogP contribution in [0.5, 0.6) is 5.75 Å². The molecule has 0 saturated carbocycles. The van der Waals surface area contributed by atoms with Gasteiger partial charge in [0.05, 0.1) is 21.5 Å². The van der Waals surface area contributed by atoms with Crippen molar-refractivity contribution in [1.29, 1.82) is 0 Å². The Morgan fingerprint density at radius 1 is 0.958 bits per heavy atom. The van der Waals surface area contributed by atoms with Crippen LogP contribution in [0.2, 0.25) is 0 Å². The second kappa shape index (κ2) is 6.86. The summed E-state index contributed by atoms with van der Waals surface area (Å²) in [6.07, 6.45) is 0. The van der Waals surface area contributed by atoms with Crippen LogP contribution in [0.15, 0.2) is 42.5 Å². The Morgan fingerprint density at radius 3 is 1.88 bits per heavy atom. The lowest BCUT2D eigenvalue weighted by atomic mass is 10.0. The van der Waals surface area contributed by atoms with Crippen LogP contribution in [0.25, 0.3) is 0 Å². The Labute approximate surface area is 137 Å². The van der Waals surface area contributed by atoms with Crippen molar-refractivity contribution in [3.05, 3.63) is 73.8 Å². The third-order valence-corrected chi connectivity index (χ3v) is 3.32. The number of nitro groups is 2. The van der Waals surface area contributed by atoms with Gasteiger partial charge >= 0.3 is 5.97 Å². The van der Waals surface area contributed by atoms with Gasteiger partial charge in [0.15, 0.2) is 0 Å². The summed E-state index contributed by atoms with van der Waals surface area (Å²) in [5.41, 5.74) is -0.303. The molecule has 8 nitrogen and oxygen atoms in total. The minimum atomic E-state index is -0.904. The standard InChI is InChI=1S/C16H14N2O6/c1-10(2)11-3-5-15(6-4-11)24-16(19)12-7-13(17(20)21)9-14(8-12)18(22)23/h3-10H,1-2H3. The molecule has 2 aromatic carbocycles. The largest absolute Gasteiger partial charge is 0.423 e. The highest BCUT2D eigenvalue weighted by Gasteiger charge is 2.21. The molecule has 8 heteroatoms. The van der Waals surface area contributed by atoms with Gasteiger partial charge in [-0.1, -0.05) is 26.0 Å². The molecule has 0 aromatic heterocycles. The number of nitro benzene ring substituents is 2. The van der Waals surface area contributed by atoms with Gasteiger partial charge in [-0.3, -0.25) is 20.2 Å². The SMILES string of the molecule is CC(C)c1ccc(OC(=O)c2cc([N+](=O)[O-])cc([N+](=O)[O-])c2)cc1. The highest BCUT2D eigenvalue weighted by Crippen LogP contribution is 2.24. The first kappa shape index (κ1) is 17.1. The van der Waals surface area contributed by atoms with Gasteiger partial charge in [-0.25, -0.2) is 4.79 Å². The molecule has 0 atom stereocenters. The summed E-state index contributed by atoms with van der Waals surface area (Å²) >= 11 is 0. The van der Waals surface area contributed by atoms with Crippen LogP contribution in [-0.2, 0) is 0 Å². The smallest absolute Gasteiger partial charge is 0.344 e. The fourth-order valence-electron chi connectivity index (χ4n) is 2.01. The van der Waals surface area contributed by atoms with Gasteiger partial charge in [0.2, 0.25) is 0 Å². The van der Waals surface area contributed by atoms with Gasteiger partial charge in [-0.15, -0.1) is 0 Å². The molecule has 0 N–H and O–H groups in total. The quantitative estimate of drug-likeness (QED) is 0.356. The predicted octanol–water partition coefficient (Wildman–Crippen LogP) is 3.85. The Morgan fingerprint density at radius 2 is 1.46 bits per heavy atom. The van der Waals surface area contributed by atoms with Crippen LogP contribution in [-0.4, -0.2) is 15.8 Å². The molecule has 0 fully saturated rings. The van der Waals surface area contributed by atoms with Crippen LogP contribution in [0.1, 0.15) is 35.7 Å². The number of rotatable bonds is 5. The zero-order valence-electron chi connectivity index (χ0n) is 13.0. The second-order valence-electron chi connectivity index (χ2n) is 5.37. The number of non-ortho nitro benzene ring substituents is 2. The first-order valence-electron chi connectivity index (χ1n) is 7.04. The minimum Gasteiger partial charge on any atom is -0.423 e. The van der Waals surface area contributed by atoms with E-state index in [9.17, 15) is 25.0 Å². The van der Waals surface area contributed by atoms with E-state index in [-0.39, 0.29) is 11.3 Å². The number of ether oxygens (including phenoxy) is 1. The number of esters is 1. The number of hydrogen-bond donors (Lipinski definition) is 0. The van der Waals surface area contributed by atoms with E-state index in [2.05, 4.69) is 0 Å². The van der Waals surface area contributed by atoms with Crippen molar-refractivity contribution < 1.29 is 19.4 Å². The predicted molar refractivity (Wildman–Crippen MR) is 85.2 cm³/mol. The summed E-state index contributed by atoms with van der Waals surface area (Å²) < 4.78 is 5.12.